The second-order valence-electron chi connectivity index (χ2n) is 7.42. The first-order valence-electron chi connectivity index (χ1n) is 10.6. The van der Waals surface area contributed by atoms with Crippen molar-refractivity contribution < 1.29 is 14.2 Å². The first-order valence-corrected chi connectivity index (χ1v) is 10.6. The van der Waals surface area contributed by atoms with E-state index in [1.807, 2.05) is 18.2 Å². The fourth-order valence-electron chi connectivity index (χ4n) is 3.62. The summed E-state index contributed by atoms with van der Waals surface area (Å²) >= 11 is 0. The van der Waals surface area contributed by atoms with E-state index < -0.39 is 0 Å². The molecule has 31 heavy (non-hydrogen) atoms. The number of nitrogens with zero attached hydrogens (tertiary/aromatic N) is 2. The first kappa shape index (κ1) is 23.6. The molecule has 2 aromatic carbocycles. The standard InChI is InChI=1S/C23H30N4O3.HI/c1-24-23(26-20-7-8-21-22(15-20)30-12-4-11-29-21)25-16-18-5-2-3-6-19(18)17-27-9-13-28-14-10-27;/h2-3,5-8,15H,4,9-14,16-17H2,1H3,(H2,24,25,26);1H. The van der Waals surface area contributed by atoms with Gasteiger partial charge in [-0.1, -0.05) is 24.3 Å². The fraction of sp³-hybridized carbons (Fsp3) is 0.435. The molecule has 168 valence electrons. The largest absolute Gasteiger partial charge is 0.490 e. The average Bonchev–Trinajstić information content (AvgIpc) is 3.03. The van der Waals surface area contributed by atoms with E-state index in [1.165, 1.54) is 11.1 Å². The molecular weight excluding hydrogens is 507 g/mol. The lowest BCUT2D eigenvalue weighted by Crippen LogP contribution is -2.36. The summed E-state index contributed by atoms with van der Waals surface area (Å²) in [6, 6.07) is 14.4. The Morgan fingerprint density at radius 2 is 1.71 bits per heavy atom. The fourth-order valence-corrected chi connectivity index (χ4v) is 3.62. The molecule has 2 aromatic rings. The Morgan fingerprint density at radius 3 is 2.48 bits per heavy atom. The van der Waals surface area contributed by atoms with Gasteiger partial charge in [0.05, 0.1) is 26.4 Å². The van der Waals surface area contributed by atoms with Crippen LogP contribution in [0.4, 0.5) is 5.69 Å². The molecule has 0 aliphatic carbocycles. The molecule has 2 heterocycles. The zero-order valence-electron chi connectivity index (χ0n) is 17.9. The van der Waals surface area contributed by atoms with E-state index in [2.05, 4.69) is 44.8 Å². The van der Waals surface area contributed by atoms with Crippen molar-refractivity contribution in [3.8, 4) is 11.5 Å². The van der Waals surface area contributed by atoms with E-state index in [1.54, 1.807) is 7.05 Å². The van der Waals surface area contributed by atoms with Crippen LogP contribution in [0.25, 0.3) is 0 Å². The van der Waals surface area contributed by atoms with Crippen molar-refractivity contribution in [2.75, 3.05) is 51.9 Å². The number of halogens is 1. The van der Waals surface area contributed by atoms with Crippen LogP contribution in [0.1, 0.15) is 17.5 Å². The Bertz CT molecular complexity index is 872. The van der Waals surface area contributed by atoms with Crippen LogP contribution < -0.4 is 20.1 Å². The third-order valence-corrected chi connectivity index (χ3v) is 5.30. The van der Waals surface area contributed by atoms with Crippen molar-refractivity contribution in [3.63, 3.8) is 0 Å². The molecule has 0 amide bonds. The van der Waals surface area contributed by atoms with Crippen LogP contribution in [0.3, 0.4) is 0 Å². The van der Waals surface area contributed by atoms with Gasteiger partial charge >= 0.3 is 0 Å². The monoisotopic (exact) mass is 538 g/mol. The third-order valence-electron chi connectivity index (χ3n) is 5.30. The molecule has 0 saturated carbocycles. The number of fused-ring (bicyclic) bond motifs is 1. The third kappa shape index (κ3) is 6.72. The van der Waals surface area contributed by atoms with Crippen molar-refractivity contribution >= 4 is 35.6 Å². The van der Waals surface area contributed by atoms with Gasteiger partial charge in [-0.3, -0.25) is 9.89 Å². The summed E-state index contributed by atoms with van der Waals surface area (Å²) in [6.45, 7) is 6.58. The number of hydrogen-bond donors (Lipinski definition) is 2. The van der Waals surface area contributed by atoms with E-state index in [0.29, 0.717) is 25.7 Å². The number of benzene rings is 2. The lowest BCUT2D eigenvalue weighted by molar-refractivity contribution is 0.0341. The molecule has 0 aromatic heterocycles. The Balaban J connectivity index is 0.00000272. The highest BCUT2D eigenvalue weighted by Gasteiger charge is 2.14. The summed E-state index contributed by atoms with van der Waals surface area (Å²) in [4.78, 5) is 6.81. The Morgan fingerprint density at radius 1 is 0.968 bits per heavy atom. The predicted molar refractivity (Wildman–Crippen MR) is 134 cm³/mol. The molecule has 1 fully saturated rings. The van der Waals surface area contributed by atoms with E-state index in [4.69, 9.17) is 14.2 Å². The predicted octanol–water partition coefficient (Wildman–Crippen LogP) is 3.49. The molecule has 0 radical (unpaired) electrons. The smallest absolute Gasteiger partial charge is 0.195 e. The first-order chi connectivity index (χ1) is 14.8. The number of aliphatic imine (C=N–C) groups is 1. The molecular formula is C23H31IN4O3. The number of anilines is 1. The Kier molecular flexibility index (Phi) is 9.23. The summed E-state index contributed by atoms with van der Waals surface area (Å²) in [6.07, 6.45) is 0.893. The van der Waals surface area contributed by atoms with E-state index >= 15 is 0 Å². The van der Waals surface area contributed by atoms with Crippen molar-refractivity contribution in [1.29, 1.82) is 0 Å². The normalized spacial score (nSPS) is 16.7. The van der Waals surface area contributed by atoms with Gasteiger partial charge in [0.2, 0.25) is 0 Å². The molecule has 2 aliphatic heterocycles. The summed E-state index contributed by atoms with van der Waals surface area (Å²) in [7, 11) is 1.78. The van der Waals surface area contributed by atoms with Crippen molar-refractivity contribution in [2.24, 2.45) is 4.99 Å². The van der Waals surface area contributed by atoms with Gasteiger partial charge in [0.15, 0.2) is 17.5 Å². The molecule has 0 unspecified atom stereocenters. The topological polar surface area (TPSA) is 67.4 Å². The quantitative estimate of drug-likeness (QED) is 0.345. The number of rotatable bonds is 5. The minimum atomic E-state index is 0. The van der Waals surface area contributed by atoms with E-state index in [-0.39, 0.29) is 24.0 Å². The number of ether oxygens (including phenoxy) is 3. The van der Waals surface area contributed by atoms with Gasteiger partial charge < -0.3 is 24.8 Å². The van der Waals surface area contributed by atoms with Gasteiger partial charge in [-0.05, 0) is 23.3 Å². The highest BCUT2D eigenvalue weighted by atomic mass is 127. The van der Waals surface area contributed by atoms with Gasteiger partial charge in [-0.25, -0.2) is 0 Å². The van der Waals surface area contributed by atoms with Crippen LogP contribution in [-0.4, -0.2) is 57.4 Å². The second kappa shape index (κ2) is 12.1. The maximum atomic E-state index is 5.78. The molecule has 1 saturated heterocycles. The van der Waals surface area contributed by atoms with Crippen molar-refractivity contribution in [3.05, 3.63) is 53.6 Å². The minimum Gasteiger partial charge on any atom is -0.490 e. The van der Waals surface area contributed by atoms with Gasteiger partial charge in [0.1, 0.15) is 0 Å². The molecule has 0 bridgehead atoms. The highest BCUT2D eigenvalue weighted by molar-refractivity contribution is 14.0. The summed E-state index contributed by atoms with van der Waals surface area (Å²) < 4.78 is 17.0. The van der Waals surface area contributed by atoms with E-state index in [0.717, 1.165) is 56.5 Å². The van der Waals surface area contributed by atoms with Crippen LogP contribution in [-0.2, 0) is 17.8 Å². The number of morpholine rings is 1. The molecule has 0 atom stereocenters. The summed E-state index contributed by atoms with van der Waals surface area (Å²) in [5.74, 6) is 2.27. The second-order valence-corrected chi connectivity index (χ2v) is 7.42. The minimum absolute atomic E-state index is 0. The zero-order valence-corrected chi connectivity index (χ0v) is 20.3. The van der Waals surface area contributed by atoms with Crippen molar-refractivity contribution in [1.82, 2.24) is 10.2 Å². The Labute approximate surface area is 201 Å². The van der Waals surface area contributed by atoms with Gasteiger partial charge in [-0.15, -0.1) is 24.0 Å². The maximum Gasteiger partial charge on any atom is 0.195 e. The SMILES string of the molecule is CN=C(NCc1ccccc1CN1CCOCC1)Nc1ccc2c(c1)OCCCO2.I. The molecule has 2 N–H and O–H groups in total. The maximum absolute atomic E-state index is 5.78. The molecule has 2 aliphatic rings. The van der Waals surface area contributed by atoms with Crippen LogP contribution in [0.5, 0.6) is 11.5 Å². The molecule has 4 rings (SSSR count). The van der Waals surface area contributed by atoms with Crippen LogP contribution in [0, 0.1) is 0 Å². The number of hydrogen-bond acceptors (Lipinski definition) is 5. The van der Waals surface area contributed by atoms with Crippen LogP contribution in [0.15, 0.2) is 47.5 Å². The summed E-state index contributed by atoms with van der Waals surface area (Å²) in [5, 5.41) is 6.77. The Hall–Kier alpha value is -2.04. The van der Waals surface area contributed by atoms with Crippen LogP contribution in [0.2, 0.25) is 0 Å². The lowest BCUT2D eigenvalue weighted by atomic mass is 10.1. The van der Waals surface area contributed by atoms with Gasteiger partial charge in [0.25, 0.3) is 0 Å². The van der Waals surface area contributed by atoms with E-state index in [9.17, 15) is 0 Å². The average molecular weight is 538 g/mol. The van der Waals surface area contributed by atoms with Gasteiger partial charge in [0, 0.05) is 51.4 Å². The van der Waals surface area contributed by atoms with Crippen LogP contribution >= 0.6 is 24.0 Å². The number of nitrogens with one attached hydrogen (secondary N) is 2. The highest BCUT2D eigenvalue weighted by Crippen LogP contribution is 2.32. The molecule has 0 spiro atoms. The molecule has 7 nitrogen and oxygen atoms in total. The zero-order chi connectivity index (χ0) is 20.6. The summed E-state index contributed by atoms with van der Waals surface area (Å²) in [5.41, 5.74) is 3.51. The number of guanidine groups is 1. The van der Waals surface area contributed by atoms with Gasteiger partial charge in [-0.2, -0.15) is 0 Å². The lowest BCUT2D eigenvalue weighted by Gasteiger charge is -2.27. The van der Waals surface area contributed by atoms with Crippen molar-refractivity contribution in [2.45, 2.75) is 19.5 Å². The molecule has 8 heteroatoms.